The van der Waals surface area contributed by atoms with Gasteiger partial charge in [0.05, 0.1) is 12.7 Å². The predicted octanol–water partition coefficient (Wildman–Crippen LogP) is 2.96. The van der Waals surface area contributed by atoms with Gasteiger partial charge in [-0.15, -0.1) is 0 Å². The third-order valence-electron chi connectivity index (χ3n) is 4.42. The first-order valence-electron chi connectivity index (χ1n) is 7.15. The number of benzene rings is 1. The lowest BCUT2D eigenvalue weighted by molar-refractivity contribution is -0.0601. The highest BCUT2D eigenvalue weighted by Gasteiger charge is 2.33. The number of phenolic OH excluding ortho intramolecular Hbond substituents is 1. The summed E-state index contributed by atoms with van der Waals surface area (Å²) in [5.41, 5.74) is 0.848. The minimum Gasteiger partial charge on any atom is -0.507 e. The van der Waals surface area contributed by atoms with E-state index >= 15 is 0 Å². The molecule has 4 nitrogen and oxygen atoms in total. The summed E-state index contributed by atoms with van der Waals surface area (Å²) in [5, 5.41) is 10.2. The number of ether oxygens (including phenoxy) is 2. The molecule has 2 rings (SSSR count). The van der Waals surface area contributed by atoms with Gasteiger partial charge in [0, 0.05) is 31.3 Å². The van der Waals surface area contributed by atoms with Gasteiger partial charge in [-0.2, -0.15) is 0 Å². The van der Waals surface area contributed by atoms with Crippen LogP contribution in [0.25, 0.3) is 0 Å². The van der Waals surface area contributed by atoms with Crippen molar-refractivity contribution in [2.75, 3.05) is 27.3 Å². The number of aromatic hydroxyl groups is 1. The van der Waals surface area contributed by atoms with Crippen LogP contribution < -0.4 is 4.74 Å². The van der Waals surface area contributed by atoms with Crippen LogP contribution in [0, 0.1) is 0 Å². The Hall–Kier alpha value is -1.26. The smallest absolute Gasteiger partial charge is 0.124 e. The zero-order valence-electron chi connectivity index (χ0n) is 12.8. The van der Waals surface area contributed by atoms with Gasteiger partial charge in [0.25, 0.3) is 0 Å². The Balaban J connectivity index is 2.16. The molecule has 1 aromatic rings. The Morgan fingerprint density at radius 1 is 1.35 bits per heavy atom. The van der Waals surface area contributed by atoms with Gasteiger partial charge in [0.2, 0.25) is 0 Å². The van der Waals surface area contributed by atoms with E-state index in [-0.39, 0.29) is 11.6 Å². The minimum atomic E-state index is -0.0887. The molecule has 1 heterocycles. The highest BCUT2D eigenvalue weighted by atomic mass is 16.5. The highest BCUT2D eigenvalue weighted by molar-refractivity contribution is 5.41. The lowest BCUT2D eigenvalue weighted by atomic mass is 9.92. The van der Waals surface area contributed by atoms with Crippen LogP contribution in [0.5, 0.6) is 11.5 Å². The summed E-state index contributed by atoms with van der Waals surface area (Å²) in [6.45, 7) is 6.20. The summed E-state index contributed by atoms with van der Waals surface area (Å²) in [6.07, 6.45) is 2.20. The lowest BCUT2D eigenvalue weighted by Crippen LogP contribution is -2.48. The molecule has 0 aliphatic carbocycles. The van der Waals surface area contributed by atoms with Gasteiger partial charge in [-0.25, -0.2) is 0 Å². The van der Waals surface area contributed by atoms with Crippen molar-refractivity contribution in [1.29, 1.82) is 0 Å². The molecule has 0 aromatic heterocycles. The van der Waals surface area contributed by atoms with Crippen LogP contribution in [0.3, 0.4) is 0 Å². The largest absolute Gasteiger partial charge is 0.507 e. The SMILES string of the molecule is COc1ccc(C(C)N2CCCC(C)(OC)C2)c(O)c1. The van der Waals surface area contributed by atoms with E-state index in [4.69, 9.17) is 9.47 Å². The van der Waals surface area contributed by atoms with Crippen molar-refractivity contribution < 1.29 is 14.6 Å². The number of hydrogen-bond donors (Lipinski definition) is 1. The van der Waals surface area contributed by atoms with Gasteiger partial charge >= 0.3 is 0 Å². The van der Waals surface area contributed by atoms with E-state index in [0.717, 1.165) is 31.5 Å². The van der Waals surface area contributed by atoms with Crippen LogP contribution in [-0.2, 0) is 4.74 Å². The van der Waals surface area contributed by atoms with Crippen LogP contribution in [-0.4, -0.2) is 42.9 Å². The Morgan fingerprint density at radius 3 is 2.70 bits per heavy atom. The fraction of sp³-hybridized carbons (Fsp3) is 0.625. The van der Waals surface area contributed by atoms with Gasteiger partial charge in [-0.05, 0) is 39.3 Å². The van der Waals surface area contributed by atoms with E-state index in [9.17, 15) is 5.11 Å². The molecule has 2 atom stereocenters. The summed E-state index contributed by atoms with van der Waals surface area (Å²) in [5.74, 6) is 0.973. The summed E-state index contributed by atoms with van der Waals surface area (Å²) in [4.78, 5) is 2.37. The standard InChI is InChI=1S/C16H25NO3/c1-12(14-7-6-13(19-3)10-15(14)18)17-9-5-8-16(2,11-17)20-4/h6-7,10,12,18H,5,8-9,11H2,1-4H3. The fourth-order valence-corrected chi connectivity index (χ4v) is 2.94. The maximum Gasteiger partial charge on any atom is 0.124 e. The molecule has 4 heteroatoms. The average molecular weight is 279 g/mol. The third kappa shape index (κ3) is 3.07. The van der Waals surface area contributed by atoms with Gasteiger partial charge in [0.15, 0.2) is 0 Å². The number of piperidine rings is 1. The Morgan fingerprint density at radius 2 is 2.10 bits per heavy atom. The number of likely N-dealkylation sites (tertiary alicyclic amines) is 1. The first-order valence-corrected chi connectivity index (χ1v) is 7.15. The first kappa shape index (κ1) is 15.1. The van der Waals surface area contributed by atoms with E-state index in [1.807, 2.05) is 12.1 Å². The Labute approximate surface area is 121 Å². The Bertz CT molecular complexity index is 463. The van der Waals surface area contributed by atoms with Gasteiger partial charge < -0.3 is 14.6 Å². The molecule has 0 radical (unpaired) electrons. The third-order valence-corrected chi connectivity index (χ3v) is 4.42. The quantitative estimate of drug-likeness (QED) is 0.920. The van der Waals surface area contributed by atoms with E-state index in [2.05, 4.69) is 18.7 Å². The molecule has 20 heavy (non-hydrogen) atoms. The molecule has 1 aromatic carbocycles. The molecule has 1 aliphatic rings. The summed E-state index contributed by atoms with van der Waals surface area (Å²) in [6, 6.07) is 5.67. The second kappa shape index (κ2) is 6.02. The molecule has 1 saturated heterocycles. The maximum atomic E-state index is 10.2. The van der Waals surface area contributed by atoms with Crippen LogP contribution >= 0.6 is 0 Å². The van der Waals surface area contributed by atoms with Crippen LogP contribution in [0.15, 0.2) is 18.2 Å². The van der Waals surface area contributed by atoms with Crippen molar-refractivity contribution in [3.05, 3.63) is 23.8 Å². The fourth-order valence-electron chi connectivity index (χ4n) is 2.94. The second-order valence-corrected chi connectivity index (χ2v) is 5.83. The Kier molecular flexibility index (Phi) is 4.55. The molecule has 1 fully saturated rings. The van der Waals surface area contributed by atoms with Gasteiger partial charge in [-0.1, -0.05) is 6.07 Å². The van der Waals surface area contributed by atoms with Crippen molar-refractivity contribution in [3.8, 4) is 11.5 Å². The van der Waals surface area contributed by atoms with E-state index in [1.54, 1.807) is 20.3 Å². The monoisotopic (exact) mass is 279 g/mol. The molecular formula is C16H25NO3. The molecule has 0 bridgehead atoms. The minimum absolute atomic E-state index is 0.0887. The molecule has 112 valence electrons. The zero-order valence-corrected chi connectivity index (χ0v) is 12.8. The van der Waals surface area contributed by atoms with Gasteiger partial charge in [0.1, 0.15) is 11.5 Å². The second-order valence-electron chi connectivity index (χ2n) is 5.83. The van der Waals surface area contributed by atoms with Crippen molar-refractivity contribution >= 4 is 0 Å². The van der Waals surface area contributed by atoms with Gasteiger partial charge in [-0.3, -0.25) is 4.90 Å². The van der Waals surface area contributed by atoms with Crippen LogP contribution in [0.4, 0.5) is 0 Å². The highest BCUT2D eigenvalue weighted by Crippen LogP contribution is 2.35. The number of hydrogen-bond acceptors (Lipinski definition) is 4. The number of nitrogens with zero attached hydrogens (tertiary/aromatic N) is 1. The van der Waals surface area contributed by atoms with E-state index in [0.29, 0.717) is 11.5 Å². The molecule has 0 amide bonds. The van der Waals surface area contributed by atoms with Crippen LogP contribution in [0.2, 0.25) is 0 Å². The van der Waals surface area contributed by atoms with Crippen molar-refractivity contribution in [1.82, 2.24) is 4.90 Å². The molecule has 1 aliphatic heterocycles. The lowest BCUT2D eigenvalue weighted by Gasteiger charge is -2.42. The zero-order chi connectivity index (χ0) is 14.8. The number of phenols is 1. The van der Waals surface area contributed by atoms with Crippen LogP contribution in [0.1, 0.15) is 38.3 Å². The van der Waals surface area contributed by atoms with Crippen molar-refractivity contribution in [2.24, 2.45) is 0 Å². The van der Waals surface area contributed by atoms with E-state index in [1.165, 1.54) is 0 Å². The summed E-state index contributed by atoms with van der Waals surface area (Å²) < 4.78 is 10.8. The van der Waals surface area contributed by atoms with Crippen molar-refractivity contribution in [3.63, 3.8) is 0 Å². The predicted molar refractivity (Wildman–Crippen MR) is 79.3 cm³/mol. The average Bonchev–Trinajstić information content (AvgIpc) is 2.46. The molecule has 1 N–H and O–H groups in total. The summed E-state index contributed by atoms with van der Waals surface area (Å²) in [7, 11) is 3.38. The first-order chi connectivity index (χ1) is 9.49. The summed E-state index contributed by atoms with van der Waals surface area (Å²) >= 11 is 0. The number of rotatable bonds is 4. The van der Waals surface area contributed by atoms with Crippen molar-refractivity contribution in [2.45, 2.75) is 38.3 Å². The molecule has 2 unspecified atom stereocenters. The van der Waals surface area contributed by atoms with E-state index < -0.39 is 0 Å². The molecule has 0 spiro atoms. The molecular weight excluding hydrogens is 254 g/mol. The number of methoxy groups -OCH3 is 2. The normalized spacial score (nSPS) is 25.4. The topological polar surface area (TPSA) is 41.9 Å². The molecule has 0 saturated carbocycles. The maximum absolute atomic E-state index is 10.2.